The first-order valence-electron chi connectivity index (χ1n) is 8.21. The van der Waals surface area contributed by atoms with E-state index < -0.39 is 0 Å². The predicted molar refractivity (Wildman–Crippen MR) is 78.9 cm³/mol. The molecular weight excluding hydrogens is 220 g/mol. The lowest BCUT2D eigenvalue weighted by Crippen LogP contribution is -2.29. The SMILES string of the molecule is CCC1(CC)CCN(CCCC2CCNCC2)C1. The van der Waals surface area contributed by atoms with Gasteiger partial charge in [0, 0.05) is 6.54 Å². The molecule has 18 heavy (non-hydrogen) atoms. The second-order valence-corrected chi connectivity index (χ2v) is 6.57. The van der Waals surface area contributed by atoms with Crippen molar-refractivity contribution in [3.8, 4) is 0 Å². The highest BCUT2D eigenvalue weighted by molar-refractivity contribution is 4.87. The maximum atomic E-state index is 3.46. The van der Waals surface area contributed by atoms with Crippen LogP contribution in [0.5, 0.6) is 0 Å². The Kier molecular flexibility index (Phi) is 5.50. The number of hydrogen-bond acceptors (Lipinski definition) is 2. The van der Waals surface area contributed by atoms with Crippen LogP contribution in [0, 0.1) is 11.3 Å². The fourth-order valence-electron chi connectivity index (χ4n) is 3.82. The number of rotatable bonds is 6. The molecular formula is C16H32N2. The molecule has 2 saturated heterocycles. The van der Waals surface area contributed by atoms with Crippen LogP contribution in [0.1, 0.15) is 58.8 Å². The van der Waals surface area contributed by atoms with Crippen molar-refractivity contribution in [2.45, 2.75) is 58.8 Å². The van der Waals surface area contributed by atoms with E-state index in [0.29, 0.717) is 5.41 Å². The summed E-state index contributed by atoms with van der Waals surface area (Å²) >= 11 is 0. The minimum atomic E-state index is 0.661. The molecule has 2 aliphatic rings. The van der Waals surface area contributed by atoms with Crippen molar-refractivity contribution in [2.75, 3.05) is 32.7 Å². The number of hydrogen-bond donors (Lipinski definition) is 1. The van der Waals surface area contributed by atoms with E-state index in [2.05, 4.69) is 24.1 Å². The van der Waals surface area contributed by atoms with E-state index in [1.807, 2.05) is 0 Å². The molecule has 0 unspecified atom stereocenters. The Bertz CT molecular complexity index is 229. The van der Waals surface area contributed by atoms with E-state index in [1.165, 1.54) is 77.7 Å². The van der Waals surface area contributed by atoms with Gasteiger partial charge in [0.2, 0.25) is 0 Å². The molecule has 0 aromatic heterocycles. The van der Waals surface area contributed by atoms with Crippen LogP contribution < -0.4 is 5.32 Å². The number of likely N-dealkylation sites (tertiary alicyclic amines) is 1. The molecule has 2 heterocycles. The summed E-state index contributed by atoms with van der Waals surface area (Å²) < 4.78 is 0. The highest BCUT2D eigenvalue weighted by Gasteiger charge is 2.34. The van der Waals surface area contributed by atoms with Gasteiger partial charge in [0.1, 0.15) is 0 Å². The first-order valence-corrected chi connectivity index (χ1v) is 8.21. The highest BCUT2D eigenvalue weighted by atomic mass is 15.2. The molecule has 2 aliphatic heterocycles. The third-order valence-corrected chi connectivity index (χ3v) is 5.56. The van der Waals surface area contributed by atoms with Crippen LogP contribution in [0.3, 0.4) is 0 Å². The van der Waals surface area contributed by atoms with Crippen molar-refractivity contribution in [1.29, 1.82) is 0 Å². The molecule has 2 heteroatoms. The minimum Gasteiger partial charge on any atom is -0.317 e. The van der Waals surface area contributed by atoms with Gasteiger partial charge in [-0.2, -0.15) is 0 Å². The summed E-state index contributed by atoms with van der Waals surface area (Å²) in [7, 11) is 0. The Balaban J connectivity index is 1.62. The maximum absolute atomic E-state index is 3.46. The van der Waals surface area contributed by atoms with E-state index >= 15 is 0 Å². The van der Waals surface area contributed by atoms with Crippen molar-refractivity contribution in [1.82, 2.24) is 10.2 Å². The monoisotopic (exact) mass is 252 g/mol. The van der Waals surface area contributed by atoms with E-state index in [-0.39, 0.29) is 0 Å². The third kappa shape index (κ3) is 3.71. The van der Waals surface area contributed by atoms with Crippen LogP contribution in [0.15, 0.2) is 0 Å². The Morgan fingerprint density at radius 3 is 2.50 bits per heavy atom. The van der Waals surface area contributed by atoms with Crippen LogP contribution >= 0.6 is 0 Å². The lowest BCUT2D eigenvalue weighted by atomic mass is 9.82. The maximum Gasteiger partial charge on any atom is 0.00382 e. The topological polar surface area (TPSA) is 15.3 Å². The van der Waals surface area contributed by atoms with Gasteiger partial charge in [-0.3, -0.25) is 0 Å². The van der Waals surface area contributed by atoms with Crippen LogP contribution in [-0.4, -0.2) is 37.6 Å². The number of piperidine rings is 1. The fourth-order valence-corrected chi connectivity index (χ4v) is 3.82. The largest absolute Gasteiger partial charge is 0.317 e. The van der Waals surface area contributed by atoms with Gasteiger partial charge in [-0.25, -0.2) is 0 Å². The molecule has 106 valence electrons. The van der Waals surface area contributed by atoms with Gasteiger partial charge in [0.05, 0.1) is 0 Å². The van der Waals surface area contributed by atoms with Crippen LogP contribution in [0.25, 0.3) is 0 Å². The first-order chi connectivity index (χ1) is 8.78. The number of nitrogens with zero attached hydrogens (tertiary/aromatic N) is 1. The van der Waals surface area contributed by atoms with Crippen molar-refractivity contribution < 1.29 is 0 Å². The molecule has 0 aromatic rings. The average Bonchev–Trinajstić information content (AvgIpc) is 2.84. The molecule has 0 aromatic carbocycles. The second-order valence-electron chi connectivity index (χ2n) is 6.57. The summed E-state index contributed by atoms with van der Waals surface area (Å²) in [5.74, 6) is 1.01. The standard InChI is InChI=1S/C16H32N2/c1-3-16(4-2)9-13-18(14-16)12-5-6-15-7-10-17-11-8-15/h15,17H,3-14H2,1-2H3. The van der Waals surface area contributed by atoms with Gasteiger partial charge in [0.15, 0.2) is 0 Å². The van der Waals surface area contributed by atoms with Gasteiger partial charge in [-0.05, 0) is 82.5 Å². The first kappa shape index (κ1) is 14.3. The Labute approximate surface area is 114 Å². The summed E-state index contributed by atoms with van der Waals surface area (Å²) in [6.45, 7) is 11.3. The zero-order valence-corrected chi connectivity index (χ0v) is 12.5. The van der Waals surface area contributed by atoms with E-state index in [1.54, 1.807) is 0 Å². The Hall–Kier alpha value is -0.0800. The minimum absolute atomic E-state index is 0.661. The zero-order chi connectivity index (χ0) is 12.8. The molecule has 0 spiro atoms. The molecule has 0 bridgehead atoms. The molecule has 0 radical (unpaired) electrons. The molecule has 0 atom stereocenters. The van der Waals surface area contributed by atoms with Crippen molar-refractivity contribution in [3.05, 3.63) is 0 Å². The highest BCUT2D eigenvalue weighted by Crippen LogP contribution is 2.37. The van der Waals surface area contributed by atoms with E-state index in [9.17, 15) is 0 Å². The molecule has 0 amide bonds. The second kappa shape index (κ2) is 6.91. The lowest BCUT2D eigenvalue weighted by Gasteiger charge is -2.27. The summed E-state index contributed by atoms with van der Waals surface area (Å²) in [6, 6.07) is 0. The van der Waals surface area contributed by atoms with Crippen LogP contribution in [0.2, 0.25) is 0 Å². The van der Waals surface area contributed by atoms with E-state index in [4.69, 9.17) is 0 Å². The molecule has 2 nitrogen and oxygen atoms in total. The molecule has 2 rings (SSSR count). The van der Waals surface area contributed by atoms with Gasteiger partial charge in [0.25, 0.3) is 0 Å². The van der Waals surface area contributed by atoms with Crippen LogP contribution in [-0.2, 0) is 0 Å². The van der Waals surface area contributed by atoms with Crippen molar-refractivity contribution in [2.24, 2.45) is 11.3 Å². The fraction of sp³-hybridized carbons (Fsp3) is 1.00. The molecule has 0 aliphatic carbocycles. The van der Waals surface area contributed by atoms with Crippen molar-refractivity contribution in [3.63, 3.8) is 0 Å². The van der Waals surface area contributed by atoms with Crippen molar-refractivity contribution >= 4 is 0 Å². The lowest BCUT2D eigenvalue weighted by molar-refractivity contribution is 0.231. The quantitative estimate of drug-likeness (QED) is 0.780. The zero-order valence-electron chi connectivity index (χ0n) is 12.5. The molecule has 2 fully saturated rings. The summed E-state index contributed by atoms with van der Waals surface area (Å²) in [5.41, 5.74) is 0.661. The van der Waals surface area contributed by atoms with Crippen LogP contribution in [0.4, 0.5) is 0 Å². The van der Waals surface area contributed by atoms with Gasteiger partial charge in [-0.1, -0.05) is 13.8 Å². The normalized spacial score (nSPS) is 25.7. The van der Waals surface area contributed by atoms with Gasteiger partial charge >= 0.3 is 0 Å². The molecule has 1 N–H and O–H groups in total. The smallest absolute Gasteiger partial charge is 0.00382 e. The predicted octanol–water partition coefficient (Wildman–Crippen LogP) is 3.28. The van der Waals surface area contributed by atoms with E-state index in [0.717, 1.165) is 5.92 Å². The van der Waals surface area contributed by atoms with Gasteiger partial charge in [-0.15, -0.1) is 0 Å². The Morgan fingerprint density at radius 2 is 1.89 bits per heavy atom. The Morgan fingerprint density at radius 1 is 1.17 bits per heavy atom. The average molecular weight is 252 g/mol. The summed E-state index contributed by atoms with van der Waals surface area (Å²) in [5, 5.41) is 3.46. The third-order valence-electron chi connectivity index (χ3n) is 5.56. The van der Waals surface area contributed by atoms with Gasteiger partial charge < -0.3 is 10.2 Å². The summed E-state index contributed by atoms with van der Waals surface area (Å²) in [4.78, 5) is 2.73. The number of nitrogens with one attached hydrogen (secondary N) is 1. The molecule has 0 saturated carbocycles. The summed E-state index contributed by atoms with van der Waals surface area (Å²) in [6.07, 6.45) is 9.88.